The van der Waals surface area contributed by atoms with E-state index in [2.05, 4.69) is 20.1 Å². The van der Waals surface area contributed by atoms with Crippen LogP contribution in [0.1, 0.15) is 22.3 Å². The second-order valence-corrected chi connectivity index (χ2v) is 7.05. The Morgan fingerprint density at radius 3 is 2.71 bits per heavy atom. The summed E-state index contributed by atoms with van der Waals surface area (Å²) in [7, 11) is 0. The van der Waals surface area contributed by atoms with E-state index >= 15 is 0 Å². The predicted molar refractivity (Wildman–Crippen MR) is 103 cm³/mol. The largest absolute Gasteiger partial charge is 0.339 e. The lowest BCUT2D eigenvalue weighted by Crippen LogP contribution is -2.48. The number of para-hydroxylation sites is 2. The number of benzene rings is 2. The normalized spacial score (nSPS) is 14.2. The topological polar surface area (TPSA) is 85.0 Å². The number of fused-ring (bicyclic) bond motifs is 1. The predicted octanol–water partition coefficient (Wildman–Crippen LogP) is 3.57. The molecule has 3 heterocycles. The zero-order chi connectivity index (χ0) is 19.1. The second-order valence-electron chi connectivity index (χ2n) is 6.62. The number of carbonyl (C=O) groups excluding carboxylic acids is 1. The Kier molecular flexibility index (Phi) is 4.02. The lowest BCUT2D eigenvalue weighted by atomic mass is 9.99. The highest BCUT2D eigenvalue weighted by molar-refractivity contribution is 6.30. The molecule has 1 aliphatic rings. The van der Waals surface area contributed by atoms with Gasteiger partial charge in [0.2, 0.25) is 11.7 Å². The molecule has 0 aliphatic carbocycles. The molecule has 2 aromatic heterocycles. The quantitative estimate of drug-likeness (QED) is 0.530. The molecule has 5 rings (SSSR count). The molecule has 138 valence electrons. The molecule has 0 N–H and O–H groups in total. The fourth-order valence-corrected chi connectivity index (χ4v) is 3.36. The summed E-state index contributed by atoms with van der Waals surface area (Å²) in [5.41, 5.74) is 2.59. The molecule has 0 saturated carbocycles. The van der Waals surface area contributed by atoms with Crippen LogP contribution in [-0.4, -0.2) is 44.0 Å². The number of nitrogens with zero attached hydrogens (tertiary/aromatic N) is 5. The number of carbonyl (C=O) groups is 1. The maximum absolute atomic E-state index is 12.7. The van der Waals surface area contributed by atoms with Gasteiger partial charge in [-0.15, -0.1) is 0 Å². The minimum Gasteiger partial charge on any atom is -0.339 e. The van der Waals surface area contributed by atoms with Crippen LogP contribution in [0.25, 0.3) is 22.4 Å². The molecule has 0 radical (unpaired) electrons. The first-order valence-corrected chi connectivity index (χ1v) is 9.16. The molecule has 2 aromatic carbocycles. The highest BCUT2D eigenvalue weighted by Gasteiger charge is 2.36. The van der Waals surface area contributed by atoms with Crippen molar-refractivity contribution < 1.29 is 9.32 Å². The number of likely N-dealkylation sites (tertiary alicyclic amines) is 1. The number of halogens is 1. The van der Waals surface area contributed by atoms with Gasteiger partial charge in [-0.25, -0.2) is 4.98 Å². The van der Waals surface area contributed by atoms with Crippen LogP contribution in [0, 0.1) is 0 Å². The molecule has 1 fully saturated rings. The summed E-state index contributed by atoms with van der Waals surface area (Å²) in [6.45, 7) is 1.01. The van der Waals surface area contributed by atoms with Crippen molar-refractivity contribution in [3.63, 3.8) is 0 Å². The zero-order valence-electron chi connectivity index (χ0n) is 14.6. The van der Waals surface area contributed by atoms with Crippen LogP contribution in [0.4, 0.5) is 0 Å². The van der Waals surface area contributed by atoms with Crippen molar-refractivity contribution in [3.8, 4) is 11.4 Å². The van der Waals surface area contributed by atoms with Crippen LogP contribution < -0.4 is 0 Å². The van der Waals surface area contributed by atoms with Gasteiger partial charge in [0.15, 0.2) is 0 Å². The number of amides is 1. The summed E-state index contributed by atoms with van der Waals surface area (Å²) >= 11 is 6.01. The van der Waals surface area contributed by atoms with Gasteiger partial charge in [-0.3, -0.25) is 9.78 Å². The highest BCUT2D eigenvalue weighted by Crippen LogP contribution is 2.29. The molecular weight excluding hydrogens is 378 g/mol. The smallest absolute Gasteiger partial charge is 0.274 e. The minimum absolute atomic E-state index is 0.0119. The van der Waals surface area contributed by atoms with Gasteiger partial charge in [0.1, 0.15) is 5.69 Å². The molecular formula is C20H14ClN5O2. The van der Waals surface area contributed by atoms with Crippen molar-refractivity contribution in [2.45, 2.75) is 5.92 Å². The Bertz CT molecular complexity index is 1190. The fraction of sp³-hybridized carbons (Fsp3) is 0.150. The molecule has 1 amide bonds. The van der Waals surface area contributed by atoms with E-state index in [9.17, 15) is 4.79 Å². The van der Waals surface area contributed by atoms with E-state index < -0.39 is 0 Å². The van der Waals surface area contributed by atoms with Gasteiger partial charge in [0.05, 0.1) is 23.1 Å². The average molecular weight is 392 g/mol. The van der Waals surface area contributed by atoms with Crippen molar-refractivity contribution >= 4 is 28.5 Å². The van der Waals surface area contributed by atoms with Crippen molar-refractivity contribution in [1.82, 2.24) is 25.0 Å². The van der Waals surface area contributed by atoms with E-state index in [0.29, 0.717) is 41.0 Å². The van der Waals surface area contributed by atoms with Crippen LogP contribution >= 0.6 is 11.6 Å². The molecule has 1 saturated heterocycles. The second kappa shape index (κ2) is 6.69. The molecule has 4 aromatic rings. The molecule has 0 bridgehead atoms. The van der Waals surface area contributed by atoms with Gasteiger partial charge in [0, 0.05) is 23.7 Å². The van der Waals surface area contributed by atoms with E-state index in [1.807, 2.05) is 36.4 Å². The van der Waals surface area contributed by atoms with E-state index in [1.165, 1.54) is 6.20 Å². The summed E-state index contributed by atoms with van der Waals surface area (Å²) < 4.78 is 5.38. The van der Waals surface area contributed by atoms with Gasteiger partial charge in [-0.1, -0.05) is 41.0 Å². The van der Waals surface area contributed by atoms with E-state index in [-0.39, 0.29) is 11.8 Å². The Hall–Kier alpha value is -3.32. The lowest BCUT2D eigenvalue weighted by Gasteiger charge is -2.36. The Morgan fingerprint density at radius 2 is 1.89 bits per heavy atom. The Morgan fingerprint density at radius 1 is 1.07 bits per heavy atom. The van der Waals surface area contributed by atoms with Gasteiger partial charge in [-0.2, -0.15) is 4.98 Å². The van der Waals surface area contributed by atoms with Crippen molar-refractivity contribution in [1.29, 1.82) is 0 Å². The first-order chi connectivity index (χ1) is 13.7. The van der Waals surface area contributed by atoms with Gasteiger partial charge >= 0.3 is 0 Å². The van der Waals surface area contributed by atoms with Gasteiger partial charge in [-0.05, 0) is 24.3 Å². The summed E-state index contributed by atoms with van der Waals surface area (Å²) in [5.74, 6) is 0.869. The molecule has 8 heteroatoms. The third-order valence-corrected chi connectivity index (χ3v) is 4.95. The maximum atomic E-state index is 12.7. The zero-order valence-corrected chi connectivity index (χ0v) is 15.4. The third-order valence-electron chi connectivity index (χ3n) is 4.71. The Labute approximate surface area is 165 Å². The van der Waals surface area contributed by atoms with Crippen molar-refractivity contribution in [2.24, 2.45) is 0 Å². The summed E-state index contributed by atoms with van der Waals surface area (Å²) in [4.78, 5) is 27.5. The van der Waals surface area contributed by atoms with E-state index in [0.717, 1.165) is 11.1 Å². The third kappa shape index (κ3) is 2.99. The minimum atomic E-state index is -0.149. The summed E-state index contributed by atoms with van der Waals surface area (Å²) in [6, 6.07) is 14.7. The molecule has 28 heavy (non-hydrogen) atoms. The molecule has 0 unspecified atom stereocenters. The number of rotatable bonds is 3. The first-order valence-electron chi connectivity index (χ1n) is 8.78. The van der Waals surface area contributed by atoms with Crippen LogP contribution in [0.15, 0.2) is 59.3 Å². The molecule has 0 spiro atoms. The molecule has 0 atom stereocenters. The monoisotopic (exact) mass is 391 g/mol. The highest BCUT2D eigenvalue weighted by atomic mass is 35.5. The standard InChI is InChI=1S/C20H14ClN5O2/c21-14-5-3-4-12(8-14)18-24-19(28-25-18)13-10-26(11-13)20(27)17-9-22-15-6-1-2-7-16(15)23-17/h1-9,13H,10-11H2. The fourth-order valence-electron chi connectivity index (χ4n) is 3.17. The Balaban J connectivity index is 1.28. The molecule has 7 nitrogen and oxygen atoms in total. The summed E-state index contributed by atoms with van der Waals surface area (Å²) in [6.07, 6.45) is 1.52. The van der Waals surface area contributed by atoms with Crippen LogP contribution in [0.5, 0.6) is 0 Å². The first kappa shape index (κ1) is 16.8. The number of hydrogen-bond donors (Lipinski definition) is 0. The molecule has 1 aliphatic heterocycles. The summed E-state index contributed by atoms with van der Waals surface area (Å²) in [5, 5.41) is 4.63. The maximum Gasteiger partial charge on any atom is 0.274 e. The van der Waals surface area contributed by atoms with Gasteiger partial charge < -0.3 is 9.42 Å². The van der Waals surface area contributed by atoms with E-state index in [4.69, 9.17) is 16.1 Å². The van der Waals surface area contributed by atoms with Crippen LogP contribution in [0.2, 0.25) is 5.02 Å². The SMILES string of the molecule is O=C(c1cnc2ccccc2n1)N1CC(c2nc(-c3cccc(Cl)c3)no2)C1. The van der Waals surface area contributed by atoms with E-state index in [1.54, 1.807) is 17.0 Å². The average Bonchev–Trinajstić information content (AvgIpc) is 3.16. The van der Waals surface area contributed by atoms with Crippen LogP contribution in [-0.2, 0) is 0 Å². The van der Waals surface area contributed by atoms with Crippen molar-refractivity contribution in [2.75, 3.05) is 13.1 Å². The lowest BCUT2D eigenvalue weighted by molar-refractivity contribution is 0.0563. The number of aromatic nitrogens is 4. The van der Waals surface area contributed by atoms with Gasteiger partial charge in [0.25, 0.3) is 5.91 Å². The van der Waals surface area contributed by atoms with Crippen molar-refractivity contribution in [3.05, 3.63) is 71.3 Å². The van der Waals surface area contributed by atoms with Crippen LogP contribution in [0.3, 0.4) is 0 Å². The number of hydrogen-bond acceptors (Lipinski definition) is 6.